The van der Waals surface area contributed by atoms with Crippen LogP contribution in [0.4, 0.5) is 5.69 Å². The molecule has 0 fully saturated rings. The van der Waals surface area contributed by atoms with Crippen molar-refractivity contribution in [2.45, 2.75) is 6.54 Å². The van der Waals surface area contributed by atoms with Gasteiger partial charge in [-0.15, -0.1) is 0 Å². The van der Waals surface area contributed by atoms with E-state index in [1.54, 1.807) is 7.11 Å². The Morgan fingerprint density at radius 3 is 2.73 bits per heavy atom. The fourth-order valence-electron chi connectivity index (χ4n) is 1.30. The van der Waals surface area contributed by atoms with Gasteiger partial charge in [-0.3, -0.25) is 0 Å². The molecule has 0 heterocycles. The minimum atomic E-state index is 0.558. The van der Waals surface area contributed by atoms with Crippen LogP contribution in [0.15, 0.2) is 22.7 Å². The molecule has 84 valence electrons. The van der Waals surface area contributed by atoms with Crippen LogP contribution in [0.5, 0.6) is 0 Å². The predicted molar refractivity (Wildman–Crippen MR) is 67.2 cm³/mol. The summed E-state index contributed by atoms with van der Waals surface area (Å²) >= 11 is 3.51. The van der Waals surface area contributed by atoms with Gasteiger partial charge < -0.3 is 15.4 Å². The van der Waals surface area contributed by atoms with Gasteiger partial charge in [-0.1, -0.05) is 22.0 Å². The van der Waals surface area contributed by atoms with E-state index in [1.165, 1.54) is 0 Å². The maximum Gasteiger partial charge on any atom is 0.0637 e. The van der Waals surface area contributed by atoms with Crippen molar-refractivity contribution >= 4 is 21.6 Å². The highest BCUT2D eigenvalue weighted by Gasteiger charge is 2.03. The summed E-state index contributed by atoms with van der Waals surface area (Å²) in [5, 5.41) is 0. The number of halogens is 1. The third kappa shape index (κ3) is 3.48. The van der Waals surface area contributed by atoms with Gasteiger partial charge in [-0.25, -0.2) is 0 Å². The molecule has 0 aliphatic heterocycles. The minimum absolute atomic E-state index is 0.558. The highest BCUT2D eigenvalue weighted by atomic mass is 79.9. The third-order valence-electron chi connectivity index (χ3n) is 2.33. The highest BCUT2D eigenvalue weighted by molar-refractivity contribution is 9.10. The molecule has 0 aliphatic rings. The molecule has 0 atom stereocenters. The van der Waals surface area contributed by atoms with Gasteiger partial charge in [0.25, 0.3) is 0 Å². The minimum Gasteiger partial charge on any atom is -0.383 e. The van der Waals surface area contributed by atoms with Crippen LogP contribution < -0.4 is 10.6 Å². The van der Waals surface area contributed by atoms with Gasteiger partial charge in [0, 0.05) is 37.4 Å². The second-order valence-corrected chi connectivity index (χ2v) is 4.25. The van der Waals surface area contributed by atoms with E-state index in [4.69, 9.17) is 10.5 Å². The fraction of sp³-hybridized carbons (Fsp3) is 0.455. The number of ether oxygens (including phenoxy) is 1. The second-order valence-electron chi connectivity index (χ2n) is 3.39. The monoisotopic (exact) mass is 272 g/mol. The van der Waals surface area contributed by atoms with Crippen molar-refractivity contribution in [2.24, 2.45) is 5.73 Å². The van der Waals surface area contributed by atoms with Crippen LogP contribution >= 0.6 is 15.9 Å². The predicted octanol–water partition coefficient (Wildman–Crippen LogP) is 1.99. The average Bonchev–Trinajstić information content (AvgIpc) is 2.25. The van der Waals surface area contributed by atoms with Crippen molar-refractivity contribution in [3.63, 3.8) is 0 Å². The molecule has 0 amide bonds. The van der Waals surface area contributed by atoms with Gasteiger partial charge in [-0.05, 0) is 17.7 Å². The highest BCUT2D eigenvalue weighted by Crippen LogP contribution is 2.23. The average molecular weight is 273 g/mol. The summed E-state index contributed by atoms with van der Waals surface area (Å²) in [7, 11) is 3.75. The Morgan fingerprint density at radius 2 is 2.20 bits per heavy atom. The Bertz CT molecular complexity index is 317. The van der Waals surface area contributed by atoms with Crippen molar-refractivity contribution in [1.29, 1.82) is 0 Å². The Labute approximate surface area is 99.3 Å². The molecule has 0 spiro atoms. The van der Waals surface area contributed by atoms with Crippen molar-refractivity contribution in [3.05, 3.63) is 28.2 Å². The van der Waals surface area contributed by atoms with Gasteiger partial charge in [0.2, 0.25) is 0 Å². The number of anilines is 1. The Kier molecular flexibility index (Phi) is 5.08. The number of nitrogens with zero attached hydrogens (tertiary/aromatic N) is 1. The van der Waals surface area contributed by atoms with Gasteiger partial charge in [-0.2, -0.15) is 0 Å². The summed E-state index contributed by atoms with van der Waals surface area (Å²) in [4.78, 5) is 2.15. The maximum atomic E-state index is 5.59. The van der Waals surface area contributed by atoms with Crippen molar-refractivity contribution < 1.29 is 4.74 Å². The molecule has 2 N–H and O–H groups in total. The molecule has 0 aromatic heterocycles. The summed E-state index contributed by atoms with van der Waals surface area (Å²) in [6.45, 7) is 2.17. The first kappa shape index (κ1) is 12.5. The van der Waals surface area contributed by atoms with Gasteiger partial charge in [0.05, 0.1) is 6.61 Å². The van der Waals surface area contributed by atoms with E-state index in [2.05, 4.69) is 33.0 Å². The first-order valence-electron chi connectivity index (χ1n) is 4.87. The van der Waals surface area contributed by atoms with Gasteiger partial charge in [0.15, 0.2) is 0 Å². The van der Waals surface area contributed by atoms with Crippen LogP contribution in [0, 0.1) is 0 Å². The topological polar surface area (TPSA) is 38.5 Å². The van der Waals surface area contributed by atoms with Crippen molar-refractivity contribution in [1.82, 2.24) is 0 Å². The Hall–Kier alpha value is -0.580. The van der Waals surface area contributed by atoms with Crippen molar-refractivity contribution in [3.8, 4) is 0 Å². The van der Waals surface area contributed by atoms with E-state index in [9.17, 15) is 0 Å². The van der Waals surface area contributed by atoms with Crippen LogP contribution in [0.25, 0.3) is 0 Å². The summed E-state index contributed by atoms with van der Waals surface area (Å²) in [6.07, 6.45) is 0. The van der Waals surface area contributed by atoms with Crippen LogP contribution in [0.1, 0.15) is 5.56 Å². The van der Waals surface area contributed by atoms with Crippen molar-refractivity contribution in [2.75, 3.05) is 32.2 Å². The van der Waals surface area contributed by atoms with Crippen LogP contribution in [0.2, 0.25) is 0 Å². The number of methoxy groups -OCH3 is 1. The molecular formula is C11H17BrN2O. The lowest BCUT2D eigenvalue weighted by atomic mass is 10.2. The molecule has 1 aromatic carbocycles. The fourth-order valence-corrected chi connectivity index (χ4v) is 1.83. The molecule has 0 saturated carbocycles. The quantitative estimate of drug-likeness (QED) is 0.891. The number of hydrogen-bond donors (Lipinski definition) is 1. The molecule has 0 saturated heterocycles. The van der Waals surface area contributed by atoms with E-state index >= 15 is 0 Å². The zero-order valence-corrected chi connectivity index (χ0v) is 10.8. The molecule has 3 nitrogen and oxygen atoms in total. The largest absolute Gasteiger partial charge is 0.383 e. The van der Waals surface area contributed by atoms with E-state index < -0.39 is 0 Å². The molecular weight excluding hydrogens is 256 g/mol. The number of benzene rings is 1. The number of nitrogens with two attached hydrogens (primary N) is 1. The third-order valence-corrected chi connectivity index (χ3v) is 3.07. The molecule has 4 heteroatoms. The SMILES string of the molecule is COCCN(C)c1ccc(CN)c(Br)c1. The van der Waals surface area contributed by atoms with Gasteiger partial charge in [0.1, 0.15) is 0 Å². The summed E-state index contributed by atoms with van der Waals surface area (Å²) in [6, 6.07) is 6.20. The first-order valence-corrected chi connectivity index (χ1v) is 5.67. The summed E-state index contributed by atoms with van der Waals surface area (Å²) in [5.41, 5.74) is 7.88. The normalized spacial score (nSPS) is 10.4. The van der Waals surface area contributed by atoms with E-state index in [0.29, 0.717) is 6.54 Å². The van der Waals surface area contributed by atoms with Crippen LogP contribution in [0.3, 0.4) is 0 Å². The Morgan fingerprint density at radius 1 is 1.47 bits per heavy atom. The van der Waals surface area contributed by atoms with E-state index in [0.717, 1.165) is 28.9 Å². The molecule has 1 aromatic rings. The van der Waals surface area contributed by atoms with Crippen LogP contribution in [-0.4, -0.2) is 27.3 Å². The van der Waals surface area contributed by atoms with Crippen LogP contribution in [-0.2, 0) is 11.3 Å². The second kappa shape index (κ2) is 6.10. The molecule has 0 bridgehead atoms. The van der Waals surface area contributed by atoms with E-state index in [1.807, 2.05) is 13.1 Å². The lowest BCUT2D eigenvalue weighted by Gasteiger charge is -2.19. The van der Waals surface area contributed by atoms with Gasteiger partial charge >= 0.3 is 0 Å². The number of rotatable bonds is 5. The molecule has 0 unspecified atom stereocenters. The number of likely N-dealkylation sites (N-methyl/N-ethyl adjacent to an activating group) is 1. The summed E-state index contributed by atoms with van der Waals surface area (Å²) in [5.74, 6) is 0. The zero-order chi connectivity index (χ0) is 11.3. The molecule has 15 heavy (non-hydrogen) atoms. The zero-order valence-electron chi connectivity index (χ0n) is 9.16. The number of hydrogen-bond acceptors (Lipinski definition) is 3. The molecule has 1 rings (SSSR count). The molecule has 0 radical (unpaired) electrons. The smallest absolute Gasteiger partial charge is 0.0637 e. The summed E-state index contributed by atoms with van der Waals surface area (Å²) < 4.78 is 6.10. The standard InChI is InChI=1S/C11H17BrN2O/c1-14(5-6-15-2)10-4-3-9(8-13)11(12)7-10/h3-4,7H,5-6,8,13H2,1-2H3. The maximum absolute atomic E-state index is 5.59. The lowest BCUT2D eigenvalue weighted by Crippen LogP contribution is -2.22. The Balaban J connectivity index is 2.73. The first-order chi connectivity index (χ1) is 7.19. The molecule has 0 aliphatic carbocycles. The lowest BCUT2D eigenvalue weighted by molar-refractivity contribution is 0.206. The van der Waals surface area contributed by atoms with E-state index in [-0.39, 0.29) is 0 Å².